The van der Waals surface area contributed by atoms with Crippen molar-refractivity contribution < 1.29 is 10.2 Å². The van der Waals surface area contributed by atoms with Crippen molar-refractivity contribution in [1.29, 1.82) is 0 Å². The van der Waals surface area contributed by atoms with Crippen LogP contribution in [-0.4, -0.2) is 16.5 Å². The second-order valence-corrected chi connectivity index (χ2v) is 3.43. The maximum absolute atomic E-state index is 8.91. The molecule has 0 radical (unpaired) electrons. The predicted molar refractivity (Wildman–Crippen MR) is 50.7 cm³/mol. The normalized spacial score (nSPS) is 13.4. The van der Waals surface area contributed by atoms with Crippen molar-refractivity contribution in [2.45, 2.75) is 45.8 Å². The lowest BCUT2D eigenvalue weighted by Gasteiger charge is -2.16. The first-order valence-electron chi connectivity index (χ1n) is 4.58. The molecule has 0 fully saturated rings. The zero-order valence-electron chi connectivity index (χ0n) is 8.08. The van der Waals surface area contributed by atoms with E-state index in [4.69, 9.17) is 10.2 Å². The number of aliphatic hydroxyl groups excluding tert-OH is 1. The van der Waals surface area contributed by atoms with Gasteiger partial charge < -0.3 is 10.2 Å². The third-order valence-corrected chi connectivity index (χ3v) is 2.12. The largest absolute Gasteiger partial charge is 0.368 e. The van der Waals surface area contributed by atoms with E-state index in [9.17, 15) is 0 Å². The van der Waals surface area contributed by atoms with Crippen molar-refractivity contribution in [3.05, 3.63) is 12.2 Å². The SMILES string of the molecule is C=C(C)CCCC(CC)C(O)O. The Hall–Kier alpha value is -0.340. The summed E-state index contributed by atoms with van der Waals surface area (Å²) < 4.78 is 0. The Morgan fingerprint density at radius 1 is 1.42 bits per heavy atom. The minimum Gasteiger partial charge on any atom is -0.368 e. The minimum atomic E-state index is -1.15. The summed E-state index contributed by atoms with van der Waals surface area (Å²) in [6, 6.07) is 0. The molecule has 0 aliphatic rings. The molecule has 0 aromatic rings. The average molecular weight is 172 g/mol. The number of aliphatic hydroxyl groups is 2. The fourth-order valence-corrected chi connectivity index (χ4v) is 1.23. The molecule has 2 nitrogen and oxygen atoms in total. The second kappa shape index (κ2) is 6.21. The van der Waals surface area contributed by atoms with E-state index in [1.165, 1.54) is 0 Å². The lowest BCUT2D eigenvalue weighted by molar-refractivity contribution is -0.0870. The summed E-state index contributed by atoms with van der Waals surface area (Å²) in [7, 11) is 0. The van der Waals surface area contributed by atoms with E-state index in [1.54, 1.807) is 0 Å². The molecule has 1 atom stereocenters. The smallest absolute Gasteiger partial charge is 0.154 e. The second-order valence-electron chi connectivity index (χ2n) is 3.43. The zero-order valence-corrected chi connectivity index (χ0v) is 8.08. The molecule has 2 heteroatoms. The van der Waals surface area contributed by atoms with Crippen LogP contribution in [0.5, 0.6) is 0 Å². The quantitative estimate of drug-likeness (QED) is 0.475. The lowest BCUT2D eigenvalue weighted by Crippen LogP contribution is -2.18. The number of allylic oxidation sites excluding steroid dienone is 1. The molecule has 2 N–H and O–H groups in total. The Bertz CT molecular complexity index is 130. The average Bonchev–Trinajstić information content (AvgIpc) is 1.96. The van der Waals surface area contributed by atoms with Gasteiger partial charge in [-0.25, -0.2) is 0 Å². The van der Waals surface area contributed by atoms with Crippen LogP contribution in [0.2, 0.25) is 0 Å². The van der Waals surface area contributed by atoms with Crippen molar-refractivity contribution in [3.8, 4) is 0 Å². The highest BCUT2D eigenvalue weighted by atomic mass is 16.5. The molecular formula is C10H20O2. The van der Waals surface area contributed by atoms with Gasteiger partial charge in [0, 0.05) is 5.92 Å². The molecule has 0 aliphatic heterocycles. The molecule has 0 spiro atoms. The maximum atomic E-state index is 8.91. The highest BCUT2D eigenvalue weighted by molar-refractivity contribution is 4.87. The molecule has 72 valence electrons. The fourth-order valence-electron chi connectivity index (χ4n) is 1.23. The molecule has 1 unspecified atom stereocenters. The Morgan fingerprint density at radius 3 is 2.33 bits per heavy atom. The van der Waals surface area contributed by atoms with Crippen molar-refractivity contribution >= 4 is 0 Å². The van der Waals surface area contributed by atoms with Crippen LogP contribution in [0.15, 0.2) is 12.2 Å². The van der Waals surface area contributed by atoms with Gasteiger partial charge in [-0.2, -0.15) is 0 Å². The van der Waals surface area contributed by atoms with E-state index in [-0.39, 0.29) is 5.92 Å². The highest BCUT2D eigenvalue weighted by Crippen LogP contribution is 2.16. The molecule has 0 amide bonds. The van der Waals surface area contributed by atoms with Gasteiger partial charge in [0.05, 0.1) is 0 Å². The van der Waals surface area contributed by atoms with Crippen LogP contribution in [-0.2, 0) is 0 Å². The van der Waals surface area contributed by atoms with E-state index in [0.29, 0.717) is 0 Å². The third-order valence-electron chi connectivity index (χ3n) is 2.12. The summed E-state index contributed by atoms with van der Waals surface area (Å²) in [5.41, 5.74) is 1.16. The number of hydrogen-bond donors (Lipinski definition) is 2. The van der Waals surface area contributed by atoms with Crippen molar-refractivity contribution in [3.63, 3.8) is 0 Å². The summed E-state index contributed by atoms with van der Waals surface area (Å²) in [4.78, 5) is 0. The monoisotopic (exact) mass is 172 g/mol. The molecule has 0 rings (SSSR count). The van der Waals surface area contributed by atoms with Crippen LogP contribution in [0, 0.1) is 5.92 Å². The topological polar surface area (TPSA) is 40.5 Å². The van der Waals surface area contributed by atoms with E-state index in [0.717, 1.165) is 31.3 Å². The molecule has 12 heavy (non-hydrogen) atoms. The molecule has 0 saturated heterocycles. The van der Waals surface area contributed by atoms with Crippen LogP contribution in [0.25, 0.3) is 0 Å². The zero-order chi connectivity index (χ0) is 9.56. The maximum Gasteiger partial charge on any atom is 0.154 e. The Morgan fingerprint density at radius 2 is 2.00 bits per heavy atom. The Labute approximate surface area is 74.9 Å². The van der Waals surface area contributed by atoms with Gasteiger partial charge in [-0.15, -0.1) is 6.58 Å². The van der Waals surface area contributed by atoms with Gasteiger partial charge in [0.1, 0.15) is 0 Å². The molecular weight excluding hydrogens is 152 g/mol. The van der Waals surface area contributed by atoms with Crippen LogP contribution in [0.3, 0.4) is 0 Å². The summed E-state index contributed by atoms with van der Waals surface area (Å²) >= 11 is 0. The first kappa shape index (κ1) is 11.7. The molecule has 0 aromatic heterocycles. The summed E-state index contributed by atoms with van der Waals surface area (Å²) in [5.74, 6) is 0.0318. The van der Waals surface area contributed by atoms with Gasteiger partial charge in [-0.1, -0.05) is 12.5 Å². The van der Waals surface area contributed by atoms with Gasteiger partial charge in [0.25, 0.3) is 0 Å². The number of hydrogen-bond acceptors (Lipinski definition) is 2. The van der Waals surface area contributed by atoms with Gasteiger partial charge in [-0.05, 0) is 32.6 Å². The first-order chi connectivity index (χ1) is 5.57. The van der Waals surface area contributed by atoms with E-state index in [2.05, 4.69) is 6.58 Å². The van der Waals surface area contributed by atoms with Crippen molar-refractivity contribution in [1.82, 2.24) is 0 Å². The van der Waals surface area contributed by atoms with Gasteiger partial charge in [-0.3, -0.25) is 0 Å². The predicted octanol–water partition coefficient (Wildman–Crippen LogP) is 2.07. The summed E-state index contributed by atoms with van der Waals surface area (Å²) in [6.45, 7) is 7.77. The third kappa shape index (κ3) is 5.33. The Balaban J connectivity index is 3.51. The van der Waals surface area contributed by atoms with Crippen LogP contribution >= 0.6 is 0 Å². The molecule has 0 saturated carbocycles. The summed E-state index contributed by atoms with van der Waals surface area (Å²) in [6.07, 6.45) is 2.55. The van der Waals surface area contributed by atoms with Crippen LogP contribution < -0.4 is 0 Å². The first-order valence-corrected chi connectivity index (χ1v) is 4.58. The minimum absolute atomic E-state index is 0.0318. The van der Waals surface area contributed by atoms with Gasteiger partial charge in [0.15, 0.2) is 6.29 Å². The standard InChI is InChI=1S/C10H20O2/c1-4-9(10(11)12)7-5-6-8(2)3/h9-12H,2,4-7H2,1,3H3. The molecule has 0 aromatic carbocycles. The number of rotatable bonds is 6. The van der Waals surface area contributed by atoms with E-state index in [1.807, 2.05) is 13.8 Å². The fraction of sp³-hybridized carbons (Fsp3) is 0.800. The van der Waals surface area contributed by atoms with Gasteiger partial charge >= 0.3 is 0 Å². The van der Waals surface area contributed by atoms with Crippen LogP contribution in [0.4, 0.5) is 0 Å². The van der Waals surface area contributed by atoms with Crippen molar-refractivity contribution in [2.75, 3.05) is 0 Å². The van der Waals surface area contributed by atoms with E-state index < -0.39 is 6.29 Å². The molecule has 0 heterocycles. The van der Waals surface area contributed by atoms with E-state index >= 15 is 0 Å². The Kier molecular flexibility index (Phi) is 6.03. The summed E-state index contributed by atoms with van der Waals surface area (Å²) in [5, 5.41) is 17.8. The van der Waals surface area contributed by atoms with Crippen molar-refractivity contribution in [2.24, 2.45) is 5.92 Å². The van der Waals surface area contributed by atoms with Gasteiger partial charge in [0.2, 0.25) is 0 Å². The lowest BCUT2D eigenvalue weighted by atomic mass is 9.97. The molecule has 0 aliphatic carbocycles. The molecule has 0 bridgehead atoms. The van der Waals surface area contributed by atoms with Crippen LogP contribution in [0.1, 0.15) is 39.5 Å². The highest BCUT2D eigenvalue weighted by Gasteiger charge is 2.13.